The highest BCUT2D eigenvalue weighted by atomic mass is 16.2. The first-order valence-electron chi connectivity index (χ1n) is 6.19. The van der Waals surface area contributed by atoms with Crippen LogP contribution >= 0.6 is 0 Å². The first-order chi connectivity index (χ1) is 8.36. The minimum absolute atomic E-state index is 0.150. The number of hydrogen-bond acceptors (Lipinski definition) is 1. The number of carbonyl (C=O) groups excluding carboxylic acids is 1. The molecule has 98 valence electrons. The lowest BCUT2D eigenvalue weighted by Gasteiger charge is -2.27. The van der Waals surface area contributed by atoms with Crippen LogP contribution in [0.5, 0.6) is 0 Å². The molecule has 3 nitrogen and oxygen atoms in total. The van der Waals surface area contributed by atoms with E-state index in [1.54, 1.807) is 0 Å². The molecule has 2 N–H and O–H groups in total. The maximum absolute atomic E-state index is 11.6. The van der Waals surface area contributed by atoms with Crippen molar-refractivity contribution >= 4 is 11.6 Å². The molecule has 0 aliphatic rings. The van der Waals surface area contributed by atoms with Crippen LogP contribution in [0.3, 0.4) is 0 Å². The van der Waals surface area contributed by atoms with Gasteiger partial charge in [-0.3, -0.25) is 0 Å². The average molecular weight is 246 g/mol. The molecule has 0 aromatic heterocycles. The Balaban J connectivity index is 2.93. The van der Waals surface area contributed by atoms with Crippen molar-refractivity contribution in [3.63, 3.8) is 0 Å². The van der Waals surface area contributed by atoms with Gasteiger partial charge < -0.3 is 10.6 Å². The third kappa shape index (κ3) is 3.62. The van der Waals surface area contributed by atoms with E-state index in [9.17, 15) is 4.79 Å². The number of amides is 2. The van der Waals surface area contributed by atoms with Gasteiger partial charge in [-0.1, -0.05) is 30.4 Å². The monoisotopic (exact) mass is 246 g/mol. The zero-order chi connectivity index (χ0) is 13.8. The second-order valence-corrected chi connectivity index (χ2v) is 4.97. The van der Waals surface area contributed by atoms with Crippen molar-refractivity contribution in [1.82, 2.24) is 10.6 Å². The van der Waals surface area contributed by atoms with E-state index in [0.29, 0.717) is 6.54 Å². The first kappa shape index (κ1) is 14.3. The Morgan fingerprint density at radius 1 is 1.39 bits per heavy atom. The molecule has 1 aromatic rings. The van der Waals surface area contributed by atoms with Crippen molar-refractivity contribution in [3.8, 4) is 0 Å². The van der Waals surface area contributed by atoms with Crippen LogP contribution in [-0.2, 0) is 5.54 Å². The number of hydrogen-bond donors (Lipinski definition) is 2. The summed E-state index contributed by atoms with van der Waals surface area (Å²) in [5.41, 5.74) is 2.77. The summed E-state index contributed by atoms with van der Waals surface area (Å²) in [7, 11) is 0. The highest BCUT2D eigenvalue weighted by molar-refractivity contribution is 5.75. The molecule has 18 heavy (non-hydrogen) atoms. The minimum atomic E-state index is -0.412. The van der Waals surface area contributed by atoms with E-state index in [2.05, 4.69) is 23.3 Å². The van der Waals surface area contributed by atoms with E-state index in [1.807, 2.05) is 45.9 Å². The molecule has 0 saturated heterocycles. The Labute approximate surface area is 109 Å². The summed E-state index contributed by atoms with van der Waals surface area (Å²) in [5, 5.41) is 5.70. The van der Waals surface area contributed by atoms with Gasteiger partial charge in [0.1, 0.15) is 0 Å². The molecule has 0 bridgehead atoms. The van der Waals surface area contributed by atoms with Crippen molar-refractivity contribution in [2.75, 3.05) is 6.54 Å². The van der Waals surface area contributed by atoms with Gasteiger partial charge in [0.2, 0.25) is 0 Å². The normalized spacial score (nSPS) is 10.9. The third-order valence-corrected chi connectivity index (χ3v) is 2.84. The summed E-state index contributed by atoms with van der Waals surface area (Å²) in [6, 6.07) is 7.94. The molecule has 0 radical (unpaired) electrons. The van der Waals surface area contributed by atoms with Gasteiger partial charge in [0, 0.05) is 6.54 Å². The molecule has 0 atom stereocenters. The lowest BCUT2D eigenvalue weighted by atomic mass is 9.92. The van der Waals surface area contributed by atoms with Crippen LogP contribution in [0.1, 0.15) is 38.8 Å². The van der Waals surface area contributed by atoms with E-state index in [0.717, 1.165) is 16.7 Å². The summed E-state index contributed by atoms with van der Waals surface area (Å²) in [4.78, 5) is 11.6. The molecule has 1 aromatic carbocycles. The van der Waals surface area contributed by atoms with Crippen molar-refractivity contribution in [2.24, 2.45) is 0 Å². The lowest BCUT2D eigenvalue weighted by Crippen LogP contribution is -2.46. The fraction of sp³-hybridized carbons (Fsp3) is 0.400. The predicted molar refractivity (Wildman–Crippen MR) is 76.4 cm³/mol. The summed E-state index contributed by atoms with van der Waals surface area (Å²) < 4.78 is 0. The Kier molecular flexibility index (Phi) is 4.54. The van der Waals surface area contributed by atoms with Crippen molar-refractivity contribution in [1.29, 1.82) is 0 Å². The quantitative estimate of drug-likeness (QED) is 0.841. The van der Waals surface area contributed by atoms with Gasteiger partial charge in [-0.15, -0.1) is 0 Å². The fourth-order valence-electron chi connectivity index (χ4n) is 1.73. The Hall–Kier alpha value is -1.77. The zero-order valence-electron chi connectivity index (χ0n) is 11.6. The molecule has 0 saturated carbocycles. The van der Waals surface area contributed by atoms with Crippen LogP contribution in [0.15, 0.2) is 30.8 Å². The maximum atomic E-state index is 11.6. The largest absolute Gasteiger partial charge is 0.338 e. The molecular weight excluding hydrogens is 224 g/mol. The van der Waals surface area contributed by atoms with Gasteiger partial charge >= 0.3 is 6.03 Å². The average Bonchev–Trinajstić information content (AvgIpc) is 2.28. The third-order valence-electron chi connectivity index (χ3n) is 2.84. The lowest BCUT2D eigenvalue weighted by molar-refractivity contribution is 0.230. The fourth-order valence-corrected chi connectivity index (χ4v) is 1.73. The van der Waals surface area contributed by atoms with Crippen LogP contribution in [0.25, 0.3) is 5.57 Å². The molecule has 0 heterocycles. The number of allylic oxidation sites excluding steroid dienone is 1. The van der Waals surface area contributed by atoms with Crippen LogP contribution in [0.4, 0.5) is 4.79 Å². The summed E-state index contributed by atoms with van der Waals surface area (Å²) in [6.45, 7) is 12.4. The predicted octanol–water partition coefficient (Wildman–Crippen LogP) is 3.27. The summed E-state index contributed by atoms with van der Waals surface area (Å²) in [5.74, 6) is 0. The molecule has 0 spiro atoms. The van der Waals surface area contributed by atoms with E-state index in [-0.39, 0.29) is 6.03 Å². The van der Waals surface area contributed by atoms with E-state index >= 15 is 0 Å². The SMILES string of the molecule is C=C(C)c1cccc(C(C)(C)NC(=O)NCC)c1. The molecule has 1 rings (SSSR count). The molecule has 0 aliphatic carbocycles. The number of benzene rings is 1. The van der Waals surface area contributed by atoms with E-state index in [1.165, 1.54) is 0 Å². The summed E-state index contributed by atoms with van der Waals surface area (Å²) in [6.07, 6.45) is 0. The zero-order valence-corrected chi connectivity index (χ0v) is 11.6. The molecule has 2 amide bonds. The molecule has 3 heteroatoms. The number of rotatable bonds is 4. The molecular formula is C15H22N2O. The van der Waals surface area contributed by atoms with Crippen molar-refractivity contribution in [2.45, 2.75) is 33.2 Å². The van der Waals surface area contributed by atoms with Gasteiger partial charge in [0.15, 0.2) is 0 Å². The number of urea groups is 1. The van der Waals surface area contributed by atoms with Gasteiger partial charge in [0.25, 0.3) is 0 Å². The van der Waals surface area contributed by atoms with E-state index < -0.39 is 5.54 Å². The second-order valence-electron chi connectivity index (χ2n) is 4.97. The molecule has 0 aliphatic heterocycles. The highest BCUT2D eigenvalue weighted by Gasteiger charge is 2.22. The number of nitrogens with one attached hydrogen (secondary N) is 2. The Bertz CT molecular complexity index is 450. The first-order valence-corrected chi connectivity index (χ1v) is 6.19. The standard InChI is InChI=1S/C15H22N2O/c1-6-16-14(18)17-15(4,5)13-9-7-8-12(10-13)11(2)3/h7-10H,2,6H2,1,3-5H3,(H2,16,17,18). The van der Waals surface area contributed by atoms with Crippen LogP contribution in [0.2, 0.25) is 0 Å². The van der Waals surface area contributed by atoms with Gasteiger partial charge in [-0.25, -0.2) is 4.79 Å². The Morgan fingerprint density at radius 2 is 2.06 bits per heavy atom. The minimum Gasteiger partial charge on any atom is -0.338 e. The van der Waals surface area contributed by atoms with Crippen LogP contribution in [-0.4, -0.2) is 12.6 Å². The second kappa shape index (κ2) is 5.71. The topological polar surface area (TPSA) is 41.1 Å². The number of carbonyl (C=O) groups is 1. The Morgan fingerprint density at radius 3 is 2.61 bits per heavy atom. The van der Waals surface area contributed by atoms with Gasteiger partial charge in [-0.2, -0.15) is 0 Å². The van der Waals surface area contributed by atoms with E-state index in [4.69, 9.17) is 0 Å². The summed E-state index contributed by atoms with van der Waals surface area (Å²) >= 11 is 0. The smallest absolute Gasteiger partial charge is 0.315 e. The molecule has 0 fully saturated rings. The van der Waals surface area contributed by atoms with Crippen molar-refractivity contribution in [3.05, 3.63) is 42.0 Å². The van der Waals surface area contributed by atoms with Crippen LogP contribution < -0.4 is 10.6 Å². The van der Waals surface area contributed by atoms with Gasteiger partial charge in [0.05, 0.1) is 5.54 Å². The highest BCUT2D eigenvalue weighted by Crippen LogP contribution is 2.23. The van der Waals surface area contributed by atoms with Crippen LogP contribution in [0, 0.1) is 0 Å². The van der Waals surface area contributed by atoms with Gasteiger partial charge in [-0.05, 0) is 44.9 Å². The maximum Gasteiger partial charge on any atom is 0.315 e. The van der Waals surface area contributed by atoms with Crippen molar-refractivity contribution < 1.29 is 4.79 Å². The molecule has 0 unspecified atom stereocenters.